The summed E-state index contributed by atoms with van der Waals surface area (Å²) >= 11 is 0. The average molecular weight is 397 g/mol. The van der Waals surface area contributed by atoms with Crippen LogP contribution < -0.4 is 19.1 Å². The standard InChI is InChI=1S/C22H23NO6/c24-14-23(11-15-12-25-5-6-26-15)19-4-2-1-3-16(19)18-13-29-20-10-22-21(9-17(18)20)27-7-8-28-22/h1-4,9-10,14-15,18H,5-8,11-13H2/t15-,18-/m0/s1. The van der Waals surface area contributed by atoms with E-state index in [9.17, 15) is 4.79 Å². The van der Waals surface area contributed by atoms with Crippen LogP contribution in [0.4, 0.5) is 5.69 Å². The quantitative estimate of drug-likeness (QED) is 0.722. The Bertz CT molecular complexity index is 895. The summed E-state index contributed by atoms with van der Waals surface area (Å²) in [5.74, 6) is 2.26. The fourth-order valence-electron chi connectivity index (χ4n) is 4.11. The number of hydrogen-bond acceptors (Lipinski definition) is 6. The minimum absolute atomic E-state index is 0.00278. The van der Waals surface area contributed by atoms with Crippen molar-refractivity contribution < 1.29 is 28.5 Å². The smallest absolute Gasteiger partial charge is 0.214 e. The Kier molecular flexibility index (Phi) is 4.99. The maximum atomic E-state index is 11.9. The largest absolute Gasteiger partial charge is 0.492 e. The van der Waals surface area contributed by atoms with Crippen LogP contribution in [0.2, 0.25) is 0 Å². The van der Waals surface area contributed by atoms with Crippen molar-refractivity contribution in [3.8, 4) is 17.2 Å². The Balaban J connectivity index is 1.46. The summed E-state index contributed by atoms with van der Waals surface area (Å²) in [6, 6.07) is 11.8. The van der Waals surface area contributed by atoms with Gasteiger partial charge in [-0.15, -0.1) is 0 Å². The molecule has 0 unspecified atom stereocenters. The zero-order valence-electron chi connectivity index (χ0n) is 16.0. The second-order valence-electron chi connectivity index (χ2n) is 7.28. The molecular weight excluding hydrogens is 374 g/mol. The molecule has 3 heterocycles. The zero-order chi connectivity index (χ0) is 19.6. The van der Waals surface area contributed by atoms with Crippen LogP contribution in [0.5, 0.6) is 17.2 Å². The number of para-hydroxylation sites is 1. The molecule has 0 radical (unpaired) electrons. The SMILES string of the molecule is O=CN(C[C@H]1COCCO1)c1ccccc1[C@@H]1COc2cc3c(cc21)OCCO3. The highest BCUT2D eigenvalue weighted by Gasteiger charge is 2.32. The molecule has 1 saturated heterocycles. The number of benzene rings is 2. The van der Waals surface area contributed by atoms with E-state index in [4.69, 9.17) is 23.7 Å². The molecule has 7 heteroatoms. The van der Waals surface area contributed by atoms with Crippen molar-refractivity contribution in [1.82, 2.24) is 0 Å². The summed E-state index contributed by atoms with van der Waals surface area (Å²) in [6.07, 6.45) is 0.726. The molecule has 0 aliphatic carbocycles. The van der Waals surface area contributed by atoms with Gasteiger partial charge in [0.05, 0.1) is 39.1 Å². The molecule has 0 aromatic heterocycles. The zero-order valence-corrected chi connectivity index (χ0v) is 16.0. The maximum Gasteiger partial charge on any atom is 0.214 e. The van der Waals surface area contributed by atoms with Crippen molar-refractivity contribution in [2.24, 2.45) is 0 Å². The van der Waals surface area contributed by atoms with Crippen LogP contribution in [-0.2, 0) is 14.3 Å². The predicted octanol–water partition coefficient (Wildman–Crippen LogP) is 2.36. The van der Waals surface area contributed by atoms with Gasteiger partial charge < -0.3 is 28.6 Å². The van der Waals surface area contributed by atoms with E-state index in [0.717, 1.165) is 34.7 Å². The van der Waals surface area contributed by atoms with Crippen LogP contribution in [-0.4, -0.2) is 58.7 Å². The molecule has 3 aliphatic rings. The summed E-state index contributed by atoms with van der Waals surface area (Å²) in [6.45, 7) is 3.67. The van der Waals surface area contributed by atoms with Crippen LogP contribution in [0.15, 0.2) is 36.4 Å². The molecule has 3 aliphatic heterocycles. The summed E-state index contributed by atoms with van der Waals surface area (Å²) in [5.41, 5.74) is 2.93. The monoisotopic (exact) mass is 397 g/mol. The fourth-order valence-corrected chi connectivity index (χ4v) is 4.11. The molecule has 0 saturated carbocycles. The first-order valence-corrected chi connectivity index (χ1v) is 9.90. The summed E-state index contributed by atoms with van der Waals surface area (Å²) in [5, 5.41) is 0. The minimum Gasteiger partial charge on any atom is -0.492 e. The molecular formula is C22H23NO6. The number of nitrogens with zero attached hydrogens (tertiary/aromatic N) is 1. The lowest BCUT2D eigenvalue weighted by atomic mass is 9.91. The van der Waals surface area contributed by atoms with Gasteiger partial charge in [-0.3, -0.25) is 4.79 Å². The lowest BCUT2D eigenvalue weighted by Crippen LogP contribution is -2.40. The van der Waals surface area contributed by atoms with Gasteiger partial charge in [-0.1, -0.05) is 18.2 Å². The van der Waals surface area contributed by atoms with E-state index in [1.165, 1.54) is 0 Å². The van der Waals surface area contributed by atoms with Crippen LogP contribution in [0, 0.1) is 0 Å². The number of rotatable bonds is 5. The van der Waals surface area contributed by atoms with E-state index in [0.29, 0.717) is 51.9 Å². The van der Waals surface area contributed by atoms with Crippen molar-refractivity contribution in [2.75, 3.05) is 51.1 Å². The Hall–Kier alpha value is -2.77. The Morgan fingerprint density at radius 1 is 0.897 bits per heavy atom. The lowest BCUT2D eigenvalue weighted by molar-refractivity contribution is -0.110. The third-order valence-corrected chi connectivity index (χ3v) is 5.49. The average Bonchev–Trinajstić information content (AvgIpc) is 3.19. The number of ether oxygens (including phenoxy) is 5. The highest BCUT2D eigenvalue weighted by Crippen LogP contribution is 2.46. The Morgan fingerprint density at radius 3 is 2.52 bits per heavy atom. The number of anilines is 1. The molecule has 2 aromatic carbocycles. The number of fused-ring (bicyclic) bond motifs is 2. The molecule has 2 aromatic rings. The van der Waals surface area contributed by atoms with E-state index in [1.54, 1.807) is 4.90 Å². The van der Waals surface area contributed by atoms with Crippen LogP contribution >= 0.6 is 0 Å². The summed E-state index contributed by atoms with van der Waals surface area (Å²) in [4.78, 5) is 13.6. The first kappa shape index (κ1) is 18.3. The number of amides is 1. The molecule has 7 nitrogen and oxygen atoms in total. The molecule has 152 valence electrons. The van der Waals surface area contributed by atoms with Gasteiger partial charge in [-0.25, -0.2) is 0 Å². The molecule has 1 fully saturated rings. The first-order chi connectivity index (χ1) is 14.3. The number of carbonyl (C=O) groups is 1. The van der Waals surface area contributed by atoms with Crippen molar-refractivity contribution in [2.45, 2.75) is 12.0 Å². The highest BCUT2D eigenvalue weighted by molar-refractivity contribution is 5.78. The molecule has 29 heavy (non-hydrogen) atoms. The first-order valence-electron chi connectivity index (χ1n) is 9.90. The van der Waals surface area contributed by atoms with Crippen molar-refractivity contribution in [3.05, 3.63) is 47.5 Å². The van der Waals surface area contributed by atoms with Gasteiger partial charge in [-0.05, 0) is 17.7 Å². The third-order valence-electron chi connectivity index (χ3n) is 5.49. The Labute approximate surface area is 169 Å². The van der Waals surface area contributed by atoms with Gasteiger partial charge in [0, 0.05) is 23.2 Å². The fraction of sp³-hybridized carbons (Fsp3) is 0.409. The van der Waals surface area contributed by atoms with E-state index >= 15 is 0 Å². The second kappa shape index (κ2) is 7.93. The topological polar surface area (TPSA) is 66.5 Å². The van der Waals surface area contributed by atoms with Gasteiger partial charge in [0.1, 0.15) is 19.0 Å². The second-order valence-corrected chi connectivity index (χ2v) is 7.28. The van der Waals surface area contributed by atoms with Gasteiger partial charge in [0.25, 0.3) is 0 Å². The minimum atomic E-state index is -0.133. The summed E-state index contributed by atoms with van der Waals surface area (Å²) in [7, 11) is 0. The molecule has 0 N–H and O–H groups in total. The van der Waals surface area contributed by atoms with E-state index in [2.05, 4.69) is 0 Å². The van der Waals surface area contributed by atoms with Gasteiger partial charge in [0.15, 0.2) is 11.5 Å². The van der Waals surface area contributed by atoms with Crippen molar-refractivity contribution >= 4 is 12.1 Å². The summed E-state index contributed by atoms with van der Waals surface area (Å²) < 4.78 is 28.6. The normalized spacial score (nSPS) is 22.5. The molecule has 5 rings (SSSR count). The highest BCUT2D eigenvalue weighted by atomic mass is 16.6. The van der Waals surface area contributed by atoms with E-state index in [-0.39, 0.29) is 12.0 Å². The van der Waals surface area contributed by atoms with Gasteiger partial charge in [0.2, 0.25) is 6.41 Å². The maximum absolute atomic E-state index is 11.9. The molecule has 2 atom stereocenters. The number of hydrogen-bond donors (Lipinski definition) is 0. The third kappa shape index (κ3) is 3.52. The van der Waals surface area contributed by atoms with E-state index in [1.807, 2.05) is 36.4 Å². The molecule has 0 spiro atoms. The van der Waals surface area contributed by atoms with E-state index < -0.39 is 0 Å². The van der Waals surface area contributed by atoms with Gasteiger partial charge in [-0.2, -0.15) is 0 Å². The molecule has 1 amide bonds. The van der Waals surface area contributed by atoms with Crippen LogP contribution in [0.1, 0.15) is 17.0 Å². The molecule has 0 bridgehead atoms. The van der Waals surface area contributed by atoms with Crippen LogP contribution in [0.25, 0.3) is 0 Å². The Morgan fingerprint density at radius 2 is 1.72 bits per heavy atom. The van der Waals surface area contributed by atoms with Crippen LogP contribution in [0.3, 0.4) is 0 Å². The van der Waals surface area contributed by atoms with Gasteiger partial charge >= 0.3 is 0 Å². The van der Waals surface area contributed by atoms with Crippen molar-refractivity contribution in [1.29, 1.82) is 0 Å². The lowest BCUT2D eigenvalue weighted by Gasteiger charge is -2.29. The number of carbonyl (C=O) groups excluding carboxylic acids is 1. The van der Waals surface area contributed by atoms with Crippen molar-refractivity contribution in [3.63, 3.8) is 0 Å². The predicted molar refractivity (Wildman–Crippen MR) is 105 cm³/mol.